The highest BCUT2D eigenvalue weighted by molar-refractivity contribution is 9.10. The number of carbonyl (C=O) groups is 1. The van der Waals surface area contributed by atoms with Crippen LogP contribution in [0.4, 0.5) is 10.1 Å². The Morgan fingerprint density at radius 3 is 3.07 bits per heavy atom. The van der Waals surface area contributed by atoms with Crippen molar-refractivity contribution in [1.82, 2.24) is 15.2 Å². The van der Waals surface area contributed by atoms with Crippen LogP contribution in [-0.4, -0.2) is 57.0 Å². The van der Waals surface area contributed by atoms with Crippen LogP contribution in [-0.2, 0) is 4.79 Å². The van der Waals surface area contributed by atoms with E-state index in [1.807, 2.05) is 0 Å². The average Bonchev–Trinajstić information content (AvgIpc) is 3.31. The summed E-state index contributed by atoms with van der Waals surface area (Å²) in [6.45, 7) is 0.584. The smallest absolute Gasteiger partial charge is 0.233 e. The first-order valence-electron chi connectivity index (χ1n) is 8.16. The summed E-state index contributed by atoms with van der Waals surface area (Å²) in [6, 6.07) is 4.12. The molecular weight excluding hydrogens is 441 g/mol. The first-order valence-corrected chi connectivity index (χ1v) is 9.94. The van der Waals surface area contributed by atoms with Crippen molar-refractivity contribution in [2.45, 2.75) is 23.9 Å². The van der Waals surface area contributed by atoms with Crippen molar-refractivity contribution in [1.29, 1.82) is 5.41 Å². The van der Waals surface area contributed by atoms with Crippen molar-refractivity contribution in [2.24, 2.45) is 0 Å². The molecule has 0 saturated carbocycles. The molecule has 0 unspecified atom stereocenters. The molecule has 3 N–H and O–H groups in total. The summed E-state index contributed by atoms with van der Waals surface area (Å²) >= 11 is 4.20. The second-order valence-corrected chi connectivity index (χ2v) is 7.72. The number of benzene rings is 1. The number of aliphatic hydroxyl groups is 1. The maximum Gasteiger partial charge on any atom is 0.233 e. The van der Waals surface area contributed by atoms with E-state index in [0.29, 0.717) is 17.3 Å². The third-order valence-corrected chi connectivity index (χ3v) is 5.67. The molecule has 2 heterocycles. The number of aromatic nitrogens is 2. The van der Waals surface area contributed by atoms with Gasteiger partial charge < -0.3 is 15.3 Å². The van der Waals surface area contributed by atoms with Gasteiger partial charge >= 0.3 is 0 Å². The number of amidine groups is 1. The fraction of sp³-hybridized carbons (Fsp3) is 0.375. The average molecular weight is 458 g/mol. The Labute approximate surface area is 167 Å². The molecule has 11 heteroatoms. The van der Waals surface area contributed by atoms with Gasteiger partial charge in [0.05, 0.1) is 22.9 Å². The van der Waals surface area contributed by atoms with Crippen molar-refractivity contribution < 1.29 is 18.9 Å². The summed E-state index contributed by atoms with van der Waals surface area (Å²) < 4.78 is 18.3. The number of rotatable bonds is 6. The van der Waals surface area contributed by atoms with Crippen LogP contribution in [0.25, 0.3) is 0 Å². The number of hydrogen-bond acceptors (Lipinski definition) is 7. The lowest BCUT2D eigenvalue weighted by atomic mass is 10.2. The number of carbonyl (C=O) groups excluding carboxylic acids is 1. The molecule has 1 atom stereocenters. The predicted molar refractivity (Wildman–Crippen MR) is 101 cm³/mol. The van der Waals surface area contributed by atoms with Crippen LogP contribution in [0.5, 0.6) is 0 Å². The fourth-order valence-corrected chi connectivity index (χ4v) is 3.94. The molecule has 1 aliphatic rings. The lowest BCUT2D eigenvalue weighted by molar-refractivity contribution is -0.129. The third kappa shape index (κ3) is 4.66. The normalized spacial score (nSPS) is 16.6. The van der Waals surface area contributed by atoms with Crippen LogP contribution in [0.1, 0.15) is 18.5 Å². The van der Waals surface area contributed by atoms with Crippen molar-refractivity contribution in [3.8, 4) is 0 Å². The monoisotopic (exact) mass is 457 g/mol. The van der Waals surface area contributed by atoms with Crippen LogP contribution in [0, 0.1) is 11.2 Å². The predicted octanol–water partition coefficient (Wildman–Crippen LogP) is 2.48. The van der Waals surface area contributed by atoms with Crippen LogP contribution in [0.2, 0.25) is 0 Å². The molecule has 8 nitrogen and oxygen atoms in total. The maximum absolute atomic E-state index is 13.3. The maximum atomic E-state index is 13.3. The molecule has 1 aliphatic heterocycles. The molecule has 0 radical (unpaired) electrons. The van der Waals surface area contributed by atoms with Crippen LogP contribution in [0.3, 0.4) is 0 Å². The molecule has 1 aromatic heterocycles. The topological polar surface area (TPSA) is 115 Å². The summed E-state index contributed by atoms with van der Waals surface area (Å²) in [7, 11) is 0. The number of likely N-dealkylation sites (tertiary alicyclic amines) is 1. The Kier molecular flexibility index (Phi) is 6.45. The fourth-order valence-electron chi connectivity index (χ4n) is 2.77. The number of hydrogen-bond donors (Lipinski definition) is 3. The quantitative estimate of drug-likeness (QED) is 0.346. The number of amides is 1. The van der Waals surface area contributed by atoms with Gasteiger partial charge in [-0.05, 0) is 57.3 Å². The van der Waals surface area contributed by atoms with Gasteiger partial charge in [-0.2, -0.15) is 0 Å². The first kappa shape index (κ1) is 19.8. The third-order valence-electron chi connectivity index (χ3n) is 4.12. The highest BCUT2D eigenvalue weighted by atomic mass is 79.9. The number of aliphatic hydroxyl groups excluding tert-OH is 1. The van der Waals surface area contributed by atoms with E-state index in [1.165, 1.54) is 18.2 Å². The van der Waals surface area contributed by atoms with Crippen molar-refractivity contribution >= 4 is 45.1 Å². The minimum Gasteiger partial charge on any atom is -0.394 e. The Balaban J connectivity index is 1.62. The standard InChI is InChI=1S/C16H17BrFN5O3S/c17-11-6-9(3-4-12(11)18)20-15(19)14-16(22-26-21-14)27-8-13(25)23-5-1-2-10(23)7-24/h3-4,6,10,24H,1-2,5,7-8H2,(H2,19,20)/t10-/m0/s1. The molecule has 1 fully saturated rings. The van der Waals surface area contributed by atoms with Gasteiger partial charge in [-0.15, -0.1) is 0 Å². The van der Waals surface area contributed by atoms with E-state index in [1.54, 1.807) is 4.90 Å². The molecule has 1 saturated heterocycles. The van der Waals surface area contributed by atoms with E-state index in [0.717, 1.165) is 24.6 Å². The SMILES string of the molecule is N=C(Nc1ccc(F)c(Br)c1)c1nonc1SCC(=O)N1CCC[C@H]1CO. The molecule has 1 amide bonds. The van der Waals surface area contributed by atoms with E-state index in [-0.39, 0.29) is 40.3 Å². The van der Waals surface area contributed by atoms with Crippen molar-refractivity contribution in [3.63, 3.8) is 0 Å². The summed E-state index contributed by atoms with van der Waals surface area (Å²) in [5.74, 6) is -0.493. The number of nitrogens with one attached hydrogen (secondary N) is 2. The van der Waals surface area contributed by atoms with Gasteiger partial charge in [-0.3, -0.25) is 10.2 Å². The second-order valence-electron chi connectivity index (χ2n) is 5.90. The molecule has 2 aromatic rings. The Bertz CT molecular complexity index is 849. The van der Waals surface area contributed by atoms with E-state index in [2.05, 4.69) is 31.6 Å². The zero-order valence-corrected chi connectivity index (χ0v) is 16.5. The van der Waals surface area contributed by atoms with E-state index >= 15 is 0 Å². The van der Waals surface area contributed by atoms with Gasteiger partial charge in [0.25, 0.3) is 0 Å². The number of anilines is 1. The lowest BCUT2D eigenvalue weighted by Crippen LogP contribution is -2.38. The number of halogens is 2. The van der Waals surface area contributed by atoms with Crippen LogP contribution in [0.15, 0.2) is 32.3 Å². The number of thioether (sulfide) groups is 1. The van der Waals surface area contributed by atoms with Crippen molar-refractivity contribution in [3.05, 3.63) is 34.2 Å². The zero-order chi connectivity index (χ0) is 19.4. The van der Waals surface area contributed by atoms with Crippen molar-refractivity contribution in [2.75, 3.05) is 24.2 Å². The van der Waals surface area contributed by atoms with Crippen LogP contribution < -0.4 is 5.32 Å². The Hall–Kier alpha value is -1.98. The van der Waals surface area contributed by atoms with E-state index in [9.17, 15) is 14.3 Å². The second kappa shape index (κ2) is 8.81. The van der Waals surface area contributed by atoms with E-state index in [4.69, 9.17) is 10.0 Å². The lowest BCUT2D eigenvalue weighted by Gasteiger charge is -2.22. The van der Waals surface area contributed by atoms with Gasteiger partial charge in [0.1, 0.15) is 5.82 Å². The molecule has 0 aliphatic carbocycles. The van der Waals surface area contributed by atoms with Gasteiger partial charge in [-0.25, -0.2) is 9.02 Å². The molecule has 144 valence electrons. The molecular formula is C16H17BrFN5O3S. The molecule has 1 aromatic carbocycles. The minimum absolute atomic E-state index is 0.0467. The Morgan fingerprint density at radius 1 is 1.52 bits per heavy atom. The minimum atomic E-state index is -0.409. The van der Waals surface area contributed by atoms with Gasteiger partial charge in [0, 0.05) is 12.2 Å². The van der Waals surface area contributed by atoms with Gasteiger partial charge in [-0.1, -0.05) is 11.8 Å². The summed E-state index contributed by atoms with van der Waals surface area (Å²) in [4.78, 5) is 14.0. The van der Waals surface area contributed by atoms with E-state index < -0.39 is 5.82 Å². The highest BCUT2D eigenvalue weighted by Gasteiger charge is 2.28. The molecule has 3 rings (SSSR count). The summed E-state index contributed by atoms with van der Waals surface area (Å²) in [6.07, 6.45) is 1.67. The first-order chi connectivity index (χ1) is 13.0. The molecule has 27 heavy (non-hydrogen) atoms. The summed E-state index contributed by atoms with van der Waals surface area (Å²) in [5.41, 5.74) is 0.652. The van der Waals surface area contributed by atoms with Crippen LogP contribution >= 0.6 is 27.7 Å². The summed E-state index contributed by atoms with van der Waals surface area (Å²) in [5, 5.41) is 28.0. The molecule has 0 bridgehead atoms. The molecule has 0 spiro atoms. The Morgan fingerprint density at radius 2 is 2.33 bits per heavy atom. The van der Waals surface area contributed by atoms with Gasteiger partial charge in [0.15, 0.2) is 16.6 Å². The zero-order valence-electron chi connectivity index (χ0n) is 14.1. The highest BCUT2D eigenvalue weighted by Crippen LogP contribution is 2.24. The van der Waals surface area contributed by atoms with Gasteiger partial charge in [0.2, 0.25) is 5.91 Å². The largest absolute Gasteiger partial charge is 0.394 e. The number of nitrogens with zero attached hydrogens (tertiary/aromatic N) is 3.